The molecule has 23 heavy (non-hydrogen) atoms. The third kappa shape index (κ3) is 5.43. The van der Waals surface area contributed by atoms with E-state index in [1.165, 1.54) is 6.26 Å². The number of rotatable bonds is 6. The monoisotopic (exact) mass is 337 g/mol. The molecule has 1 heterocycles. The van der Waals surface area contributed by atoms with Crippen LogP contribution in [0.3, 0.4) is 0 Å². The Balaban J connectivity index is 0.00000264. The molecule has 0 aliphatic heterocycles. The normalized spacial score (nSPS) is 11.2. The van der Waals surface area contributed by atoms with Gasteiger partial charge in [0.2, 0.25) is 5.91 Å². The van der Waals surface area contributed by atoms with Crippen molar-refractivity contribution in [2.75, 3.05) is 0 Å². The van der Waals surface area contributed by atoms with Gasteiger partial charge < -0.3 is 20.8 Å². The first-order chi connectivity index (χ1) is 10.6. The van der Waals surface area contributed by atoms with Gasteiger partial charge >= 0.3 is 0 Å². The van der Waals surface area contributed by atoms with E-state index in [4.69, 9.17) is 10.2 Å². The molecular weight excluding hydrogens is 318 g/mol. The Labute approximate surface area is 140 Å². The summed E-state index contributed by atoms with van der Waals surface area (Å²) in [4.78, 5) is 24.0. The number of nitrogens with two attached hydrogens (primary N) is 1. The van der Waals surface area contributed by atoms with Gasteiger partial charge in [-0.1, -0.05) is 12.1 Å². The summed E-state index contributed by atoms with van der Waals surface area (Å²) in [6.45, 7) is 2.34. The summed E-state index contributed by atoms with van der Waals surface area (Å²) < 4.78 is 5.12. The zero-order valence-corrected chi connectivity index (χ0v) is 13.6. The lowest BCUT2D eigenvalue weighted by Gasteiger charge is -2.13. The van der Waals surface area contributed by atoms with Crippen LogP contribution < -0.4 is 16.4 Å². The van der Waals surface area contributed by atoms with Crippen molar-refractivity contribution in [3.8, 4) is 0 Å². The molecule has 7 heteroatoms. The molecule has 0 saturated carbocycles. The number of halogens is 1. The molecule has 0 aliphatic carbocycles. The van der Waals surface area contributed by atoms with Gasteiger partial charge in [-0.3, -0.25) is 9.59 Å². The van der Waals surface area contributed by atoms with Crippen molar-refractivity contribution in [3.63, 3.8) is 0 Å². The molecule has 6 nitrogen and oxygen atoms in total. The molecule has 4 N–H and O–H groups in total. The van der Waals surface area contributed by atoms with E-state index < -0.39 is 6.04 Å². The predicted molar refractivity (Wildman–Crippen MR) is 89.1 cm³/mol. The SMILES string of the molecule is CC(NC(=O)c1ccc(CN)cc1)C(=O)NCc1ccco1.Cl. The zero-order valence-electron chi connectivity index (χ0n) is 12.7. The molecule has 2 amide bonds. The summed E-state index contributed by atoms with van der Waals surface area (Å²) in [5.74, 6) is 0.0804. The number of carbonyl (C=O) groups excluding carboxylic acids is 2. The van der Waals surface area contributed by atoms with Gasteiger partial charge in [0.1, 0.15) is 11.8 Å². The van der Waals surface area contributed by atoms with Crippen LogP contribution in [0.5, 0.6) is 0 Å². The van der Waals surface area contributed by atoms with Crippen LogP contribution in [0.25, 0.3) is 0 Å². The minimum absolute atomic E-state index is 0. The lowest BCUT2D eigenvalue weighted by Crippen LogP contribution is -2.44. The fraction of sp³-hybridized carbons (Fsp3) is 0.250. The number of hydrogen-bond acceptors (Lipinski definition) is 4. The quantitative estimate of drug-likeness (QED) is 0.745. The number of hydrogen-bond donors (Lipinski definition) is 3. The predicted octanol–water partition coefficient (Wildman–Crippen LogP) is 1.59. The standard InChI is InChI=1S/C16H19N3O3.ClH/c1-11(15(20)18-10-14-3-2-8-22-14)19-16(21)13-6-4-12(9-17)5-7-13;/h2-8,11H,9-10,17H2,1H3,(H,18,20)(H,19,21);1H. The van der Waals surface area contributed by atoms with Crippen molar-refractivity contribution in [1.82, 2.24) is 10.6 Å². The van der Waals surface area contributed by atoms with Crippen LogP contribution in [0.15, 0.2) is 47.1 Å². The molecule has 0 aliphatic rings. The minimum atomic E-state index is -0.642. The summed E-state index contributed by atoms with van der Waals surface area (Å²) in [6, 6.07) is 9.82. The van der Waals surface area contributed by atoms with Crippen LogP contribution in [0.2, 0.25) is 0 Å². The highest BCUT2D eigenvalue weighted by Gasteiger charge is 2.16. The average Bonchev–Trinajstić information content (AvgIpc) is 3.06. The summed E-state index contributed by atoms with van der Waals surface area (Å²) >= 11 is 0. The van der Waals surface area contributed by atoms with Crippen molar-refractivity contribution in [1.29, 1.82) is 0 Å². The molecule has 0 saturated heterocycles. The van der Waals surface area contributed by atoms with Gasteiger partial charge in [0, 0.05) is 12.1 Å². The van der Waals surface area contributed by atoms with Crippen molar-refractivity contribution >= 4 is 24.2 Å². The van der Waals surface area contributed by atoms with Gasteiger partial charge in [-0.2, -0.15) is 0 Å². The van der Waals surface area contributed by atoms with E-state index in [0.717, 1.165) is 5.56 Å². The van der Waals surface area contributed by atoms with Crippen LogP contribution in [0, 0.1) is 0 Å². The Bertz CT molecular complexity index is 627. The third-order valence-electron chi connectivity index (χ3n) is 3.21. The smallest absolute Gasteiger partial charge is 0.251 e. The summed E-state index contributed by atoms with van der Waals surface area (Å²) in [7, 11) is 0. The highest BCUT2D eigenvalue weighted by atomic mass is 35.5. The first kappa shape index (κ1) is 18.7. The first-order valence-corrected chi connectivity index (χ1v) is 7.00. The molecule has 124 valence electrons. The Kier molecular flexibility index (Phi) is 7.31. The van der Waals surface area contributed by atoms with E-state index in [1.807, 2.05) is 0 Å². The lowest BCUT2D eigenvalue weighted by atomic mass is 10.1. The van der Waals surface area contributed by atoms with Gasteiger partial charge in [0.25, 0.3) is 5.91 Å². The Hall–Kier alpha value is -2.31. The molecule has 2 aromatic rings. The lowest BCUT2D eigenvalue weighted by molar-refractivity contribution is -0.122. The number of furan rings is 1. The summed E-state index contributed by atoms with van der Waals surface area (Å²) in [5, 5.41) is 5.35. The highest BCUT2D eigenvalue weighted by Crippen LogP contribution is 2.04. The van der Waals surface area contributed by atoms with Crippen LogP contribution in [-0.4, -0.2) is 17.9 Å². The second-order valence-electron chi connectivity index (χ2n) is 4.89. The maximum atomic E-state index is 12.1. The van der Waals surface area contributed by atoms with Crippen molar-refractivity contribution in [2.24, 2.45) is 5.73 Å². The van der Waals surface area contributed by atoms with Crippen LogP contribution in [-0.2, 0) is 17.9 Å². The van der Waals surface area contributed by atoms with Gasteiger partial charge in [0.15, 0.2) is 0 Å². The summed E-state index contributed by atoms with van der Waals surface area (Å²) in [6.07, 6.45) is 1.54. The largest absolute Gasteiger partial charge is 0.467 e. The van der Waals surface area contributed by atoms with Crippen molar-refractivity contribution in [2.45, 2.75) is 26.1 Å². The number of nitrogens with one attached hydrogen (secondary N) is 2. The van der Waals surface area contributed by atoms with E-state index in [9.17, 15) is 9.59 Å². The fourth-order valence-electron chi connectivity index (χ4n) is 1.88. The maximum Gasteiger partial charge on any atom is 0.251 e. The van der Waals surface area contributed by atoms with E-state index in [-0.39, 0.29) is 30.8 Å². The van der Waals surface area contributed by atoms with Gasteiger partial charge in [-0.05, 0) is 36.8 Å². The van der Waals surface area contributed by atoms with Crippen LogP contribution >= 0.6 is 12.4 Å². The second kappa shape index (κ2) is 8.97. The van der Waals surface area contributed by atoms with Gasteiger partial charge in [0.05, 0.1) is 12.8 Å². The van der Waals surface area contributed by atoms with E-state index >= 15 is 0 Å². The van der Waals surface area contributed by atoms with Crippen LogP contribution in [0.1, 0.15) is 28.6 Å². The molecule has 0 spiro atoms. The van der Waals surface area contributed by atoms with Crippen molar-refractivity contribution in [3.05, 3.63) is 59.5 Å². The minimum Gasteiger partial charge on any atom is -0.467 e. The first-order valence-electron chi connectivity index (χ1n) is 7.00. The summed E-state index contributed by atoms with van der Waals surface area (Å²) in [5.41, 5.74) is 6.94. The maximum absolute atomic E-state index is 12.1. The van der Waals surface area contributed by atoms with Gasteiger partial charge in [-0.25, -0.2) is 0 Å². The van der Waals surface area contributed by atoms with E-state index in [1.54, 1.807) is 43.3 Å². The molecule has 0 bridgehead atoms. The molecule has 1 aromatic heterocycles. The third-order valence-corrected chi connectivity index (χ3v) is 3.21. The van der Waals surface area contributed by atoms with Crippen LogP contribution in [0.4, 0.5) is 0 Å². The Morgan fingerprint density at radius 1 is 1.22 bits per heavy atom. The molecule has 2 rings (SSSR count). The highest BCUT2D eigenvalue weighted by molar-refractivity contribution is 5.97. The topological polar surface area (TPSA) is 97.4 Å². The molecular formula is C16H20ClN3O3. The van der Waals surface area contributed by atoms with Gasteiger partial charge in [-0.15, -0.1) is 12.4 Å². The Morgan fingerprint density at radius 3 is 2.48 bits per heavy atom. The number of amides is 2. The second-order valence-corrected chi connectivity index (χ2v) is 4.89. The van der Waals surface area contributed by atoms with E-state index in [0.29, 0.717) is 17.9 Å². The molecule has 0 radical (unpaired) electrons. The molecule has 1 unspecified atom stereocenters. The Morgan fingerprint density at radius 2 is 1.91 bits per heavy atom. The molecule has 0 fully saturated rings. The average molecular weight is 338 g/mol. The van der Waals surface area contributed by atoms with E-state index in [2.05, 4.69) is 10.6 Å². The number of benzene rings is 1. The number of carbonyl (C=O) groups is 2. The molecule has 1 atom stereocenters. The van der Waals surface area contributed by atoms with Crippen molar-refractivity contribution < 1.29 is 14.0 Å². The zero-order chi connectivity index (χ0) is 15.9. The molecule has 1 aromatic carbocycles. The fourth-order valence-corrected chi connectivity index (χ4v) is 1.88.